The van der Waals surface area contributed by atoms with E-state index < -0.39 is 0 Å². The predicted molar refractivity (Wildman–Crippen MR) is 269 cm³/mol. The first-order chi connectivity index (χ1) is 29.6. The summed E-state index contributed by atoms with van der Waals surface area (Å²) in [5.41, 5.74) is 15.8. The van der Waals surface area contributed by atoms with Gasteiger partial charge in [0, 0.05) is 32.9 Å². The molecular formula is C58H48N2S. The van der Waals surface area contributed by atoms with Crippen LogP contribution in [-0.4, -0.2) is 9.13 Å². The average Bonchev–Trinajstić information content (AvgIpc) is 3.82. The molecule has 0 saturated carbocycles. The van der Waals surface area contributed by atoms with Gasteiger partial charge in [0.2, 0.25) is 0 Å². The SMILES string of the molecule is C=CC.Cc1ccccc1.S.c1ccc(-c2ccc3c(c2)c2cc(-c4ccc5c(c4)c4cc(-c6ccccc6)ccc4n5-c4ccccc4)ccc2n3-c2ccccc2)cc1. The Balaban J connectivity index is 0.000000418. The number of aryl methyl sites for hydroxylation is 1. The van der Waals surface area contributed by atoms with Gasteiger partial charge in [-0.2, -0.15) is 13.5 Å². The molecule has 2 aromatic heterocycles. The Kier molecular flexibility index (Phi) is 12.1. The minimum atomic E-state index is 0. The maximum atomic E-state index is 3.36. The molecule has 2 nitrogen and oxygen atoms in total. The summed E-state index contributed by atoms with van der Waals surface area (Å²) in [5, 5.41) is 5.00. The van der Waals surface area contributed by atoms with E-state index in [-0.39, 0.29) is 13.5 Å². The minimum absolute atomic E-state index is 0. The van der Waals surface area contributed by atoms with Gasteiger partial charge in [0.25, 0.3) is 0 Å². The molecule has 61 heavy (non-hydrogen) atoms. The number of benzene rings is 9. The zero-order chi connectivity index (χ0) is 40.8. The van der Waals surface area contributed by atoms with Crippen LogP contribution in [0.2, 0.25) is 0 Å². The molecule has 9 aromatic carbocycles. The van der Waals surface area contributed by atoms with Gasteiger partial charge in [0.15, 0.2) is 0 Å². The molecule has 0 unspecified atom stereocenters. The van der Waals surface area contributed by atoms with Crippen LogP contribution >= 0.6 is 13.5 Å². The third-order valence-electron chi connectivity index (χ3n) is 11.0. The van der Waals surface area contributed by atoms with Crippen molar-refractivity contribution in [3.63, 3.8) is 0 Å². The van der Waals surface area contributed by atoms with Gasteiger partial charge in [0.05, 0.1) is 22.1 Å². The molecule has 0 aliphatic rings. The molecule has 0 N–H and O–H groups in total. The van der Waals surface area contributed by atoms with Crippen molar-refractivity contribution in [2.24, 2.45) is 0 Å². The summed E-state index contributed by atoms with van der Waals surface area (Å²) in [6.45, 7) is 7.33. The van der Waals surface area contributed by atoms with Crippen LogP contribution in [0.5, 0.6) is 0 Å². The highest BCUT2D eigenvalue weighted by Crippen LogP contribution is 2.40. The van der Waals surface area contributed by atoms with Gasteiger partial charge in [-0.05, 0) is 120 Å². The molecule has 0 aliphatic heterocycles. The van der Waals surface area contributed by atoms with Crippen molar-refractivity contribution < 1.29 is 0 Å². The second-order valence-electron chi connectivity index (χ2n) is 15.1. The van der Waals surface area contributed by atoms with Crippen molar-refractivity contribution in [3.8, 4) is 44.8 Å². The lowest BCUT2D eigenvalue weighted by Crippen LogP contribution is -1.93. The number of nitrogens with zero attached hydrogens (tertiary/aromatic N) is 2. The number of rotatable bonds is 5. The van der Waals surface area contributed by atoms with Gasteiger partial charge in [-0.3, -0.25) is 0 Å². The molecule has 11 rings (SSSR count). The van der Waals surface area contributed by atoms with Crippen LogP contribution in [0.25, 0.3) is 88.4 Å². The summed E-state index contributed by atoms with van der Waals surface area (Å²) < 4.78 is 4.79. The fraction of sp³-hybridized carbons (Fsp3) is 0.0345. The fourth-order valence-corrected chi connectivity index (χ4v) is 8.27. The first kappa shape index (κ1) is 40.4. The highest BCUT2D eigenvalue weighted by Gasteiger charge is 2.17. The van der Waals surface area contributed by atoms with Crippen molar-refractivity contribution in [1.82, 2.24) is 9.13 Å². The van der Waals surface area contributed by atoms with E-state index in [0.717, 1.165) is 11.4 Å². The summed E-state index contributed by atoms with van der Waals surface area (Å²) in [6.07, 6.45) is 1.75. The van der Waals surface area contributed by atoms with Crippen LogP contribution in [0.1, 0.15) is 12.5 Å². The second-order valence-corrected chi connectivity index (χ2v) is 15.1. The van der Waals surface area contributed by atoms with E-state index >= 15 is 0 Å². The van der Waals surface area contributed by atoms with Gasteiger partial charge < -0.3 is 9.13 Å². The standard InChI is InChI=1S/C48H32N2.C7H8.C3H6.H2S/c1-5-13-33(14-6-1)35-21-25-45-41(29-35)43-31-37(23-27-47(43)49(45)39-17-9-3-10-18-39)38-24-28-48-44(32-38)42-30-36(34-15-7-2-8-16-34)22-26-46(42)50(48)40-19-11-4-12-20-40;1-7-5-3-2-4-6-7;1-3-2;/h1-32H;2-6H,1H3;3H,1H2,2H3;1H2. The van der Waals surface area contributed by atoms with Crippen LogP contribution < -0.4 is 0 Å². The number of hydrogen-bond acceptors (Lipinski definition) is 0. The lowest BCUT2D eigenvalue weighted by Gasteiger charge is -2.09. The summed E-state index contributed by atoms with van der Waals surface area (Å²) in [7, 11) is 0. The van der Waals surface area contributed by atoms with E-state index in [9.17, 15) is 0 Å². The first-order valence-corrected chi connectivity index (χ1v) is 20.6. The highest BCUT2D eigenvalue weighted by molar-refractivity contribution is 7.59. The number of fused-ring (bicyclic) bond motifs is 6. The third-order valence-corrected chi connectivity index (χ3v) is 11.0. The van der Waals surface area contributed by atoms with E-state index in [1.54, 1.807) is 6.08 Å². The van der Waals surface area contributed by atoms with Gasteiger partial charge in [-0.15, -0.1) is 6.58 Å². The largest absolute Gasteiger partial charge is 0.309 e. The van der Waals surface area contributed by atoms with E-state index in [4.69, 9.17) is 0 Å². The van der Waals surface area contributed by atoms with Crippen molar-refractivity contribution in [2.45, 2.75) is 13.8 Å². The van der Waals surface area contributed by atoms with Gasteiger partial charge in [-0.1, -0.05) is 163 Å². The van der Waals surface area contributed by atoms with Crippen LogP contribution in [0.3, 0.4) is 0 Å². The molecule has 3 heteroatoms. The van der Waals surface area contributed by atoms with Crippen molar-refractivity contribution in [3.05, 3.63) is 243 Å². The van der Waals surface area contributed by atoms with Gasteiger partial charge in [-0.25, -0.2) is 0 Å². The number of aromatic nitrogens is 2. The van der Waals surface area contributed by atoms with Crippen molar-refractivity contribution >= 4 is 57.1 Å². The molecule has 0 fully saturated rings. The molecular weight excluding hydrogens is 757 g/mol. The zero-order valence-corrected chi connectivity index (χ0v) is 35.5. The fourth-order valence-electron chi connectivity index (χ4n) is 8.27. The van der Waals surface area contributed by atoms with Crippen molar-refractivity contribution in [1.29, 1.82) is 0 Å². The molecule has 0 bridgehead atoms. The van der Waals surface area contributed by atoms with Gasteiger partial charge in [0.1, 0.15) is 0 Å². The van der Waals surface area contributed by atoms with Crippen LogP contribution in [-0.2, 0) is 0 Å². The molecule has 2 heterocycles. The normalized spacial score (nSPS) is 10.7. The Morgan fingerprint density at radius 1 is 0.328 bits per heavy atom. The third kappa shape index (κ3) is 8.17. The highest BCUT2D eigenvalue weighted by atomic mass is 32.1. The average molecular weight is 805 g/mol. The lowest BCUT2D eigenvalue weighted by molar-refractivity contribution is 1.18. The first-order valence-electron chi connectivity index (χ1n) is 20.6. The Labute approximate surface area is 365 Å². The Morgan fingerprint density at radius 3 is 0.836 bits per heavy atom. The summed E-state index contributed by atoms with van der Waals surface area (Å²) in [6, 6.07) is 80.7. The van der Waals surface area contributed by atoms with Gasteiger partial charge >= 0.3 is 0 Å². The predicted octanol–water partition coefficient (Wildman–Crippen LogP) is 16.2. The van der Waals surface area contributed by atoms with E-state index in [0.29, 0.717) is 0 Å². The summed E-state index contributed by atoms with van der Waals surface area (Å²) >= 11 is 0. The summed E-state index contributed by atoms with van der Waals surface area (Å²) in [4.78, 5) is 0. The van der Waals surface area contributed by atoms with Crippen molar-refractivity contribution in [2.75, 3.05) is 0 Å². The maximum Gasteiger partial charge on any atom is 0.0541 e. The molecule has 0 amide bonds. The lowest BCUT2D eigenvalue weighted by atomic mass is 9.98. The van der Waals surface area contributed by atoms with E-state index in [1.165, 1.54) is 82.6 Å². The minimum Gasteiger partial charge on any atom is -0.309 e. The van der Waals surface area contributed by atoms with E-state index in [1.807, 2.05) is 25.1 Å². The Bertz CT molecular complexity index is 3000. The van der Waals surface area contributed by atoms with Crippen LogP contribution in [0, 0.1) is 6.92 Å². The second kappa shape index (κ2) is 18.3. The zero-order valence-electron chi connectivity index (χ0n) is 34.5. The number of para-hydroxylation sites is 2. The molecule has 0 atom stereocenters. The maximum absolute atomic E-state index is 3.36. The smallest absolute Gasteiger partial charge is 0.0541 e. The Morgan fingerprint density at radius 2 is 0.574 bits per heavy atom. The number of allylic oxidation sites excluding steroid dienone is 1. The molecule has 11 aromatic rings. The number of hydrogen-bond donors (Lipinski definition) is 0. The van der Waals surface area contributed by atoms with Crippen LogP contribution in [0.4, 0.5) is 0 Å². The Hall–Kier alpha value is -7.33. The monoisotopic (exact) mass is 804 g/mol. The summed E-state index contributed by atoms with van der Waals surface area (Å²) in [5.74, 6) is 0. The molecule has 0 radical (unpaired) electrons. The van der Waals surface area contributed by atoms with E-state index in [2.05, 4.69) is 229 Å². The molecule has 296 valence electrons. The molecule has 0 saturated heterocycles. The molecule has 0 aliphatic carbocycles. The van der Waals surface area contributed by atoms with Crippen LogP contribution in [0.15, 0.2) is 237 Å². The quantitative estimate of drug-likeness (QED) is 0.153. The topological polar surface area (TPSA) is 9.86 Å². The molecule has 0 spiro atoms.